The first-order valence-electron chi connectivity index (χ1n) is 6.06. The first-order chi connectivity index (χ1) is 7.47. The molecule has 0 rings (SSSR count). The van der Waals surface area contributed by atoms with Crippen molar-refractivity contribution >= 4 is 25.2 Å². The first-order valence-corrected chi connectivity index (χ1v) is 15.4. The Hall–Kier alpha value is 0.491. The highest BCUT2D eigenvalue weighted by molar-refractivity contribution is 6.87. The van der Waals surface area contributed by atoms with Crippen LogP contribution in [0.25, 0.3) is 0 Å². The normalized spacial score (nSPS) is 14.1. The second kappa shape index (κ2) is 6.60. The summed E-state index contributed by atoms with van der Waals surface area (Å²) in [4.78, 5) is 0. The Morgan fingerprint density at radius 1 is 0.824 bits per heavy atom. The third-order valence-electron chi connectivity index (χ3n) is 1.64. The minimum absolute atomic E-state index is 0.0460. The predicted octanol–water partition coefficient (Wildman–Crippen LogP) is 2.31. The van der Waals surface area contributed by atoms with Crippen molar-refractivity contribution in [2.45, 2.75) is 45.8 Å². The molecule has 0 saturated heterocycles. The minimum atomic E-state index is -2.27. The van der Waals surface area contributed by atoms with Crippen LogP contribution in [0, 0.1) is 0 Å². The van der Waals surface area contributed by atoms with Gasteiger partial charge in [-0.15, -0.1) is 0 Å². The zero-order valence-corrected chi connectivity index (χ0v) is 15.3. The van der Waals surface area contributed by atoms with Crippen LogP contribution in [0.4, 0.5) is 0 Å². The Morgan fingerprint density at radius 3 is 1.53 bits per heavy atom. The average molecular weight is 297 g/mol. The van der Waals surface area contributed by atoms with E-state index in [2.05, 4.69) is 45.8 Å². The maximum absolute atomic E-state index is 8.75. The third-order valence-corrected chi connectivity index (χ3v) is 10.7. The van der Waals surface area contributed by atoms with Crippen molar-refractivity contribution in [1.29, 1.82) is 0 Å². The van der Waals surface area contributed by atoms with Crippen LogP contribution < -0.4 is 0 Å². The molecule has 1 N–H and O–H groups in total. The third kappa shape index (κ3) is 10.1. The summed E-state index contributed by atoms with van der Waals surface area (Å²) >= 11 is 0. The van der Waals surface area contributed by atoms with Gasteiger partial charge in [0.1, 0.15) is 0 Å². The molecule has 0 aliphatic heterocycles. The van der Waals surface area contributed by atoms with Gasteiger partial charge in [0.2, 0.25) is 0 Å². The van der Waals surface area contributed by atoms with Gasteiger partial charge in [0.25, 0.3) is 0 Å². The van der Waals surface area contributed by atoms with Gasteiger partial charge in [0.15, 0.2) is 16.6 Å². The molecule has 0 fully saturated rings. The van der Waals surface area contributed by atoms with Gasteiger partial charge in [-0.05, 0) is 45.8 Å². The van der Waals surface area contributed by atoms with E-state index in [4.69, 9.17) is 18.1 Å². The number of hydrogen-bond donors (Lipinski definition) is 1. The van der Waals surface area contributed by atoms with E-state index in [0.29, 0.717) is 12.8 Å². The van der Waals surface area contributed by atoms with Gasteiger partial charge in [-0.25, -0.2) is 0 Å². The second-order valence-electron chi connectivity index (χ2n) is 6.34. The Labute approximate surface area is 109 Å². The summed E-state index contributed by atoms with van der Waals surface area (Å²) in [6.07, 6.45) is 0.502. The molecule has 4 nitrogen and oxygen atoms in total. The minimum Gasteiger partial charge on any atom is -0.435 e. The molecule has 0 aromatic carbocycles. The van der Waals surface area contributed by atoms with E-state index in [9.17, 15) is 0 Å². The molecule has 17 heavy (non-hydrogen) atoms. The van der Waals surface area contributed by atoms with E-state index in [1.807, 2.05) is 0 Å². The fraction of sp³-hybridized carbons (Fsp3) is 1.00. The van der Waals surface area contributed by atoms with E-state index in [0.717, 1.165) is 0 Å². The van der Waals surface area contributed by atoms with Crippen LogP contribution in [-0.4, -0.2) is 49.7 Å². The summed E-state index contributed by atoms with van der Waals surface area (Å²) < 4.78 is 17.9. The highest BCUT2D eigenvalue weighted by Crippen LogP contribution is 2.20. The van der Waals surface area contributed by atoms with Crippen molar-refractivity contribution in [3.63, 3.8) is 0 Å². The molecule has 0 radical (unpaired) electrons. The molecule has 7 heteroatoms. The number of aliphatic hydroxyl groups excluding tert-OH is 1. The first kappa shape index (κ1) is 17.5. The Morgan fingerprint density at radius 2 is 1.24 bits per heavy atom. The number of ether oxygens (including phenoxy) is 1. The number of aliphatic hydroxyl groups is 1. The summed E-state index contributed by atoms with van der Waals surface area (Å²) in [6.45, 7) is 15.5. The highest BCUT2D eigenvalue weighted by atomic mass is 28.5. The van der Waals surface area contributed by atoms with Crippen molar-refractivity contribution in [1.82, 2.24) is 0 Å². The topological polar surface area (TPSA) is 47.9 Å². The standard InChI is InChI=1S/C10H28O4Si3/c1-15(2,3)13-17(7,10-12-9-8-11)14-16(4,5)6/h11H,8-10H2,1-7H3. The molecule has 0 aliphatic carbocycles. The summed E-state index contributed by atoms with van der Waals surface area (Å²) in [5, 5.41) is 8.75. The SMILES string of the molecule is C[Si](C)(C)O[Si](C)(COCCO)O[Si](C)(C)C. The lowest BCUT2D eigenvalue weighted by molar-refractivity contribution is 0.105. The highest BCUT2D eigenvalue weighted by Gasteiger charge is 2.40. The lowest BCUT2D eigenvalue weighted by atomic mass is 10.8. The van der Waals surface area contributed by atoms with Gasteiger partial charge in [0.05, 0.1) is 19.4 Å². The zero-order chi connectivity index (χ0) is 13.7. The zero-order valence-electron chi connectivity index (χ0n) is 12.3. The van der Waals surface area contributed by atoms with E-state index >= 15 is 0 Å². The molecule has 0 unspecified atom stereocenters. The molecule has 0 aromatic rings. The summed E-state index contributed by atoms with van der Waals surface area (Å²) in [5.74, 6) is 0. The van der Waals surface area contributed by atoms with Gasteiger partial charge in [-0.3, -0.25) is 0 Å². The van der Waals surface area contributed by atoms with Crippen LogP contribution in [0.15, 0.2) is 0 Å². The van der Waals surface area contributed by atoms with Gasteiger partial charge >= 0.3 is 8.56 Å². The van der Waals surface area contributed by atoms with Crippen molar-refractivity contribution in [2.75, 3.05) is 19.4 Å². The smallest absolute Gasteiger partial charge is 0.341 e. The molecule has 0 heterocycles. The molecule has 0 aromatic heterocycles. The molecule has 0 spiro atoms. The van der Waals surface area contributed by atoms with Gasteiger partial charge in [-0.1, -0.05) is 0 Å². The monoisotopic (exact) mass is 296 g/mol. The molecule has 104 valence electrons. The van der Waals surface area contributed by atoms with Crippen molar-refractivity contribution in [2.24, 2.45) is 0 Å². The predicted molar refractivity (Wildman–Crippen MR) is 78.4 cm³/mol. The average Bonchev–Trinajstić information content (AvgIpc) is 1.96. The summed E-state index contributed by atoms with van der Waals surface area (Å²) in [7, 11) is -5.54. The van der Waals surface area contributed by atoms with Crippen LogP contribution in [-0.2, 0) is 13.0 Å². The van der Waals surface area contributed by atoms with Gasteiger partial charge < -0.3 is 18.1 Å². The van der Waals surface area contributed by atoms with Crippen molar-refractivity contribution in [3.8, 4) is 0 Å². The van der Waals surface area contributed by atoms with Gasteiger partial charge in [0, 0.05) is 0 Å². The molecular weight excluding hydrogens is 268 g/mol. The Kier molecular flexibility index (Phi) is 6.79. The van der Waals surface area contributed by atoms with Crippen LogP contribution in [0.2, 0.25) is 45.8 Å². The molecular formula is C10H28O4Si3. The molecule has 0 amide bonds. The number of rotatable bonds is 8. The van der Waals surface area contributed by atoms with Crippen LogP contribution in [0.3, 0.4) is 0 Å². The van der Waals surface area contributed by atoms with Crippen molar-refractivity contribution < 1.29 is 18.1 Å². The Balaban J connectivity index is 4.57. The summed E-state index contributed by atoms with van der Waals surface area (Å²) in [5.41, 5.74) is 0. The van der Waals surface area contributed by atoms with Crippen LogP contribution >= 0.6 is 0 Å². The van der Waals surface area contributed by atoms with E-state index in [1.54, 1.807) is 0 Å². The molecule has 0 saturated carbocycles. The largest absolute Gasteiger partial charge is 0.435 e. The van der Waals surface area contributed by atoms with Gasteiger partial charge in [-0.2, -0.15) is 0 Å². The van der Waals surface area contributed by atoms with E-state index in [1.165, 1.54) is 0 Å². The van der Waals surface area contributed by atoms with Crippen LogP contribution in [0.5, 0.6) is 0 Å². The Bertz CT molecular complexity index is 207. The molecule has 0 aliphatic rings. The maximum Gasteiger partial charge on any atom is 0.341 e. The fourth-order valence-electron chi connectivity index (χ4n) is 1.70. The quantitative estimate of drug-likeness (QED) is 0.551. The van der Waals surface area contributed by atoms with E-state index in [-0.39, 0.29) is 6.61 Å². The molecule has 0 bridgehead atoms. The maximum atomic E-state index is 8.75. The second-order valence-corrected chi connectivity index (χ2v) is 19.0. The fourth-order valence-corrected chi connectivity index (χ4v) is 13.6. The number of hydrogen-bond acceptors (Lipinski definition) is 4. The molecule has 0 atom stereocenters. The lowest BCUT2D eigenvalue weighted by Crippen LogP contribution is -2.55. The van der Waals surface area contributed by atoms with Crippen LogP contribution in [0.1, 0.15) is 0 Å². The van der Waals surface area contributed by atoms with E-state index < -0.39 is 25.2 Å². The lowest BCUT2D eigenvalue weighted by Gasteiger charge is -2.38. The summed E-state index contributed by atoms with van der Waals surface area (Å²) in [6, 6.07) is 0. The van der Waals surface area contributed by atoms with Crippen molar-refractivity contribution in [3.05, 3.63) is 0 Å².